The highest BCUT2D eigenvalue weighted by atomic mass is 16.2. The first-order chi connectivity index (χ1) is 6.42. The first kappa shape index (κ1) is 7.70. The molecule has 0 heterocycles. The third-order valence-electron chi connectivity index (χ3n) is 1.98. The lowest BCUT2D eigenvalue weighted by Crippen LogP contribution is -1.78. The number of aliphatic hydroxyl groups is 1. The second-order valence-corrected chi connectivity index (χ2v) is 2.76. The normalized spacial score (nSPS) is 9.23. The maximum Gasteiger partial charge on any atom is 0.113 e. The molecule has 1 nitrogen and oxygen atoms in total. The summed E-state index contributed by atoms with van der Waals surface area (Å²) in [6.45, 7) is 0. The molecule has 0 unspecified atom stereocenters. The van der Waals surface area contributed by atoms with Crippen LogP contribution in [0.2, 0.25) is 0 Å². The third-order valence-corrected chi connectivity index (χ3v) is 1.98. The average Bonchev–Trinajstić information content (AvgIpc) is 2.19. The van der Waals surface area contributed by atoms with E-state index in [9.17, 15) is 0 Å². The molecule has 0 aliphatic carbocycles. The third kappa shape index (κ3) is 1.34. The van der Waals surface area contributed by atoms with Gasteiger partial charge in [-0.1, -0.05) is 36.4 Å². The van der Waals surface area contributed by atoms with Crippen molar-refractivity contribution in [1.29, 1.82) is 0 Å². The molecular weight excluding hydrogens is 160 g/mol. The number of benzene rings is 2. The zero-order valence-electron chi connectivity index (χ0n) is 6.99. The second-order valence-electron chi connectivity index (χ2n) is 2.76. The summed E-state index contributed by atoms with van der Waals surface area (Å²) in [6.07, 6.45) is 1.93. The maximum atomic E-state index is 8.52. The molecule has 2 aromatic carbocycles. The summed E-state index contributed by atoms with van der Waals surface area (Å²) in [5.41, 5.74) is 0.862. The summed E-state index contributed by atoms with van der Waals surface area (Å²) < 4.78 is 0. The molecule has 0 aliphatic heterocycles. The van der Waals surface area contributed by atoms with E-state index >= 15 is 0 Å². The van der Waals surface area contributed by atoms with Crippen molar-refractivity contribution in [1.82, 2.24) is 0 Å². The quantitative estimate of drug-likeness (QED) is 0.599. The van der Waals surface area contributed by atoms with Gasteiger partial charge in [0.25, 0.3) is 0 Å². The van der Waals surface area contributed by atoms with Crippen molar-refractivity contribution in [2.75, 3.05) is 0 Å². The van der Waals surface area contributed by atoms with Crippen LogP contribution in [0, 0.1) is 12.0 Å². The van der Waals surface area contributed by atoms with Crippen LogP contribution < -0.4 is 0 Å². The number of rotatable bonds is 0. The molecule has 1 N–H and O–H groups in total. The van der Waals surface area contributed by atoms with Crippen molar-refractivity contribution in [2.24, 2.45) is 0 Å². The van der Waals surface area contributed by atoms with Crippen LogP contribution in [0.4, 0.5) is 0 Å². The Balaban J connectivity index is 2.80. The highest BCUT2D eigenvalue weighted by Gasteiger charge is 1.95. The molecule has 0 atom stereocenters. The highest BCUT2D eigenvalue weighted by molar-refractivity contribution is 5.87. The fraction of sp³-hybridized carbons (Fsp3) is 0. The second kappa shape index (κ2) is 3.20. The van der Waals surface area contributed by atoms with Gasteiger partial charge in [0.05, 0.1) is 0 Å². The van der Waals surface area contributed by atoms with Gasteiger partial charge in [-0.15, -0.1) is 0 Å². The monoisotopic (exact) mass is 168 g/mol. The van der Waals surface area contributed by atoms with Crippen molar-refractivity contribution in [3.63, 3.8) is 0 Å². The zero-order chi connectivity index (χ0) is 9.10. The standard InChI is InChI=1S/C12H8O/c13-9-8-11-6-3-5-10-4-1-2-7-12(10)11/h1-7,13H. The molecule has 0 fully saturated rings. The number of hydrogen-bond donors (Lipinski definition) is 1. The molecule has 62 valence electrons. The van der Waals surface area contributed by atoms with Gasteiger partial charge < -0.3 is 5.11 Å². The molecule has 0 saturated heterocycles. The minimum atomic E-state index is 0.862. The van der Waals surface area contributed by atoms with Crippen LogP contribution in [0.15, 0.2) is 42.5 Å². The van der Waals surface area contributed by atoms with Crippen LogP contribution in [-0.4, -0.2) is 5.11 Å². The lowest BCUT2D eigenvalue weighted by Gasteiger charge is -1.98. The van der Waals surface area contributed by atoms with Gasteiger partial charge in [0.15, 0.2) is 0 Å². The summed E-state index contributed by atoms with van der Waals surface area (Å²) in [7, 11) is 0. The number of hydrogen-bond acceptors (Lipinski definition) is 1. The molecular formula is C12H8O. The van der Waals surface area contributed by atoms with E-state index in [0.717, 1.165) is 16.3 Å². The molecule has 0 aliphatic rings. The molecule has 0 saturated carbocycles. The Hall–Kier alpha value is -1.94. The van der Waals surface area contributed by atoms with E-state index in [2.05, 4.69) is 5.92 Å². The van der Waals surface area contributed by atoms with Crippen molar-refractivity contribution >= 4 is 10.8 Å². The van der Waals surface area contributed by atoms with Crippen molar-refractivity contribution in [2.45, 2.75) is 0 Å². The summed E-state index contributed by atoms with van der Waals surface area (Å²) in [5.74, 6) is 2.66. The Bertz CT molecular complexity index is 484. The highest BCUT2D eigenvalue weighted by Crippen LogP contribution is 2.17. The van der Waals surface area contributed by atoms with Crippen LogP contribution in [0.3, 0.4) is 0 Å². The van der Waals surface area contributed by atoms with E-state index in [4.69, 9.17) is 5.11 Å². The van der Waals surface area contributed by atoms with Crippen LogP contribution in [-0.2, 0) is 0 Å². The van der Waals surface area contributed by atoms with E-state index in [1.54, 1.807) is 0 Å². The van der Waals surface area contributed by atoms with Crippen molar-refractivity contribution in [3.05, 3.63) is 48.0 Å². The van der Waals surface area contributed by atoms with E-state index in [-0.39, 0.29) is 0 Å². The van der Waals surface area contributed by atoms with E-state index in [1.165, 1.54) is 0 Å². The first-order valence-electron chi connectivity index (χ1n) is 4.04. The minimum absolute atomic E-state index is 0.862. The molecule has 0 amide bonds. The van der Waals surface area contributed by atoms with Gasteiger partial charge in [0.2, 0.25) is 0 Å². The SMILES string of the molecule is OC#Cc1cccc2ccccc12. The Morgan fingerprint density at radius 3 is 2.54 bits per heavy atom. The van der Waals surface area contributed by atoms with Gasteiger partial charge >= 0.3 is 0 Å². The Morgan fingerprint density at radius 2 is 1.69 bits per heavy atom. The molecule has 2 aromatic rings. The summed E-state index contributed by atoms with van der Waals surface area (Å²) >= 11 is 0. The minimum Gasteiger partial charge on any atom is -0.462 e. The zero-order valence-corrected chi connectivity index (χ0v) is 6.99. The molecule has 1 heteroatoms. The molecule has 0 bridgehead atoms. The summed E-state index contributed by atoms with van der Waals surface area (Å²) in [5, 5.41) is 10.7. The summed E-state index contributed by atoms with van der Waals surface area (Å²) in [6, 6.07) is 13.8. The largest absolute Gasteiger partial charge is 0.462 e. The Kier molecular flexibility index (Phi) is 1.90. The van der Waals surface area contributed by atoms with E-state index < -0.39 is 0 Å². The van der Waals surface area contributed by atoms with Gasteiger partial charge in [-0.2, -0.15) is 0 Å². The molecule has 0 aromatic heterocycles. The van der Waals surface area contributed by atoms with Crippen LogP contribution in [0.1, 0.15) is 5.56 Å². The maximum absolute atomic E-state index is 8.52. The summed E-state index contributed by atoms with van der Waals surface area (Å²) in [4.78, 5) is 0. The van der Waals surface area contributed by atoms with Gasteiger partial charge in [-0.05, 0) is 22.8 Å². The first-order valence-corrected chi connectivity index (χ1v) is 4.04. The van der Waals surface area contributed by atoms with Crippen molar-refractivity contribution in [3.8, 4) is 12.0 Å². The van der Waals surface area contributed by atoms with Crippen LogP contribution in [0.25, 0.3) is 10.8 Å². The molecule has 0 radical (unpaired) electrons. The van der Waals surface area contributed by atoms with Gasteiger partial charge in [0.1, 0.15) is 6.11 Å². The Labute approximate surface area is 76.6 Å². The fourth-order valence-electron chi connectivity index (χ4n) is 1.39. The predicted molar refractivity (Wildman–Crippen MR) is 52.8 cm³/mol. The van der Waals surface area contributed by atoms with Crippen LogP contribution in [0.5, 0.6) is 0 Å². The van der Waals surface area contributed by atoms with E-state index in [0.29, 0.717) is 0 Å². The molecule has 0 spiro atoms. The van der Waals surface area contributed by atoms with Crippen LogP contribution >= 0.6 is 0 Å². The molecule has 2 rings (SSSR count). The fourth-order valence-corrected chi connectivity index (χ4v) is 1.39. The topological polar surface area (TPSA) is 20.2 Å². The smallest absolute Gasteiger partial charge is 0.113 e. The predicted octanol–water partition coefficient (Wildman–Crippen LogP) is 2.52. The van der Waals surface area contributed by atoms with Gasteiger partial charge in [-0.3, -0.25) is 0 Å². The average molecular weight is 168 g/mol. The van der Waals surface area contributed by atoms with Gasteiger partial charge in [0, 0.05) is 5.56 Å². The lowest BCUT2D eigenvalue weighted by molar-refractivity contribution is 0.517. The van der Waals surface area contributed by atoms with Crippen molar-refractivity contribution < 1.29 is 5.11 Å². The number of fused-ring (bicyclic) bond motifs is 1. The van der Waals surface area contributed by atoms with Gasteiger partial charge in [-0.25, -0.2) is 0 Å². The molecule has 13 heavy (non-hydrogen) atoms. The Morgan fingerprint density at radius 1 is 0.923 bits per heavy atom. The number of aliphatic hydroxyl groups excluding tert-OH is 1. The lowest BCUT2D eigenvalue weighted by atomic mass is 10.1. The van der Waals surface area contributed by atoms with E-state index in [1.807, 2.05) is 48.6 Å².